The normalized spacial score (nSPS) is 27.3. The van der Waals surface area contributed by atoms with E-state index in [9.17, 15) is 4.79 Å². The summed E-state index contributed by atoms with van der Waals surface area (Å²) in [5.41, 5.74) is 2.40. The Kier molecular flexibility index (Phi) is 4.10. The Morgan fingerprint density at radius 1 is 1.37 bits per heavy atom. The summed E-state index contributed by atoms with van der Waals surface area (Å²) in [5.74, 6) is 0.727. The highest BCUT2D eigenvalue weighted by atomic mass is 16.5. The molecule has 104 valence electrons. The zero-order valence-electron chi connectivity index (χ0n) is 12.5. The van der Waals surface area contributed by atoms with E-state index in [2.05, 4.69) is 13.0 Å². The number of aryl methyl sites for hydroxylation is 2. The summed E-state index contributed by atoms with van der Waals surface area (Å²) in [4.78, 5) is 12.9. The summed E-state index contributed by atoms with van der Waals surface area (Å²) < 4.78 is 5.71. The van der Waals surface area contributed by atoms with E-state index in [0.29, 0.717) is 5.92 Å². The first-order valence-corrected chi connectivity index (χ1v) is 7.16. The van der Waals surface area contributed by atoms with E-state index in [1.165, 1.54) is 6.42 Å². The van der Waals surface area contributed by atoms with E-state index >= 15 is 0 Å². The van der Waals surface area contributed by atoms with Crippen LogP contribution < -0.4 is 0 Å². The largest absolute Gasteiger partial charge is 0.370 e. The Labute approximate surface area is 116 Å². The number of rotatable bonds is 3. The predicted octanol–water partition coefficient (Wildman–Crippen LogP) is 4.08. The molecule has 0 saturated heterocycles. The van der Waals surface area contributed by atoms with Crippen molar-refractivity contribution in [3.63, 3.8) is 0 Å². The van der Waals surface area contributed by atoms with Crippen LogP contribution in [0.5, 0.6) is 0 Å². The summed E-state index contributed by atoms with van der Waals surface area (Å²) in [6.07, 6.45) is 3.96. The summed E-state index contributed by atoms with van der Waals surface area (Å²) in [5, 5.41) is 0. The van der Waals surface area contributed by atoms with Gasteiger partial charge in [0.15, 0.2) is 5.78 Å². The predicted molar refractivity (Wildman–Crippen MR) is 77.6 cm³/mol. The van der Waals surface area contributed by atoms with Crippen LogP contribution in [0.2, 0.25) is 0 Å². The van der Waals surface area contributed by atoms with Gasteiger partial charge in [-0.15, -0.1) is 0 Å². The Balaban J connectivity index is 2.37. The molecule has 0 N–H and O–H groups in total. The zero-order valence-corrected chi connectivity index (χ0v) is 12.5. The number of ether oxygens (including phenoxy) is 1. The van der Waals surface area contributed by atoms with Crippen LogP contribution in [0.15, 0.2) is 18.2 Å². The number of hydrogen-bond donors (Lipinski definition) is 0. The number of carbonyl (C=O) groups is 1. The second-order valence-corrected chi connectivity index (χ2v) is 6.05. The third kappa shape index (κ3) is 2.74. The SMILES string of the molecule is COC1(C(=O)c2cc(C)ccc2C)CCCC(C)C1. The van der Waals surface area contributed by atoms with Gasteiger partial charge >= 0.3 is 0 Å². The van der Waals surface area contributed by atoms with E-state index in [0.717, 1.165) is 36.0 Å². The molecule has 1 aliphatic carbocycles. The fraction of sp³-hybridized carbons (Fsp3) is 0.588. The molecule has 1 aromatic carbocycles. The first-order chi connectivity index (χ1) is 8.98. The highest BCUT2D eigenvalue weighted by Crippen LogP contribution is 2.37. The fourth-order valence-electron chi connectivity index (χ4n) is 3.21. The van der Waals surface area contributed by atoms with E-state index in [1.807, 2.05) is 26.0 Å². The van der Waals surface area contributed by atoms with Crippen molar-refractivity contribution in [2.45, 2.75) is 52.1 Å². The highest BCUT2D eigenvalue weighted by molar-refractivity contribution is 6.03. The molecule has 0 bridgehead atoms. The van der Waals surface area contributed by atoms with Crippen LogP contribution in [-0.2, 0) is 4.74 Å². The van der Waals surface area contributed by atoms with Gasteiger partial charge in [-0.2, -0.15) is 0 Å². The molecule has 2 unspecified atom stereocenters. The number of carbonyl (C=O) groups excluding carboxylic acids is 1. The molecule has 0 amide bonds. The van der Waals surface area contributed by atoms with Crippen molar-refractivity contribution in [3.05, 3.63) is 34.9 Å². The minimum absolute atomic E-state index is 0.169. The smallest absolute Gasteiger partial charge is 0.194 e. The van der Waals surface area contributed by atoms with Crippen LogP contribution in [0, 0.1) is 19.8 Å². The van der Waals surface area contributed by atoms with E-state index in [1.54, 1.807) is 7.11 Å². The molecule has 0 radical (unpaired) electrons. The van der Waals surface area contributed by atoms with Gasteiger partial charge in [-0.05, 0) is 50.7 Å². The molecular weight excluding hydrogens is 236 g/mol. The summed E-state index contributed by atoms with van der Waals surface area (Å²) in [6.45, 7) is 6.24. The Morgan fingerprint density at radius 3 is 2.74 bits per heavy atom. The lowest BCUT2D eigenvalue weighted by molar-refractivity contribution is -0.0303. The summed E-state index contributed by atoms with van der Waals surface area (Å²) in [6, 6.07) is 6.07. The van der Waals surface area contributed by atoms with Crippen molar-refractivity contribution in [3.8, 4) is 0 Å². The minimum atomic E-state index is -0.601. The van der Waals surface area contributed by atoms with Crippen molar-refractivity contribution < 1.29 is 9.53 Å². The van der Waals surface area contributed by atoms with Crippen molar-refractivity contribution in [1.29, 1.82) is 0 Å². The topological polar surface area (TPSA) is 26.3 Å². The molecule has 2 atom stereocenters. The van der Waals surface area contributed by atoms with Gasteiger partial charge in [0.1, 0.15) is 5.60 Å². The average Bonchev–Trinajstić information content (AvgIpc) is 2.40. The first kappa shape index (κ1) is 14.3. The zero-order chi connectivity index (χ0) is 14.0. The number of ketones is 1. The quantitative estimate of drug-likeness (QED) is 0.765. The number of benzene rings is 1. The Morgan fingerprint density at radius 2 is 2.11 bits per heavy atom. The van der Waals surface area contributed by atoms with Gasteiger partial charge in [-0.3, -0.25) is 4.79 Å². The standard InChI is InChI=1S/C17H24O2/c1-12-7-8-14(3)15(10-12)16(18)17(19-4)9-5-6-13(2)11-17/h7-8,10,13H,5-6,9,11H2,1-4H3. The maximum Gasteiger partial charge on any atom is 0.194 e. The number of Topliss-reactive ketones (excluding diaryl/α,β-unsaturated/α-hetero) is 1. The van der Waals surface area contributed by atoms with Gasteiger partial charge in [0.05, 0.1) is 0 Å². The lowest BCUT2D eigenvalue weighted by Crippen LogP contribution is -2.44. The van der Waals surface area contributed by atoms with E-state index in [-0.39, 0.29) is 5.78 Å². The second-order valence-electron chi connectivity index (χ2n) is 6.05. The monoisotopic (exact) mass is 260 g/mol. The van der Waals surface area contributed by atoms with Crippen molar-refractivity contribution in [1.82, 2.24) is 0 Å². The molecule has 1 aliphatic rings. The third-order valence-electron chi connectivity index (χ3n) is 4.40. The van der Waals surface area contributed by atoms with Gasteiger partial charge < -0.3 is 4.74 Å². The number of hydrogen-bond acceptors (Lipinski definition) is 2. The van der Waals surface area contributed by atoms with Gasteiger partial charge in [-0.1, -0.05) is 31.0 Å². The second kappa shape index (κ2) is 5.46. The van der Waals surface area contributed by atoms with Gasteiger partial charge in [-0.25, -0.2) is 0 Å². The van der Waals surface area contributed by atoms with Gasteiger partial charge in [0, 0.05) is 12.7 Å². The summed E-state index contributed by atoms with van der Waals surface area (Å²) >= 11 is 0. The molecule has 0 spiro atoms. The lowest BCUT2D eigenvalue weighted by Gasteiger charge is -2.37. The Hall–Kier alpha value is -1.15. The highest BCUT2D eigenvalue weighted by Gasteiger charge is 2.42. The third-order valence-corrected chi connectivity index (χ3v) is 4.40. The Bertz CT molecular complexity index is 478. The maximum absolute atomic E-state index is 12.9. The maximum atomic E-state index is 12.9. The van der Waals surface area contributed by atoms with Crippen LogP contribution in [0.25, 0.3) is 0 Å². The molecule has 19 heavy (non-hydrogen) atoms. The van der Waals surface area contributed by atoms with Crippen LogP contribution in [0.3, 0.4) is 0 Å². The summed E-state index contributed by atoms with van der Waals surface area (Å²) in [7, 11) is 1.68. The van der Waals surface area contributed by atoms with E-state index < -0.39 is 5.60 Å². The molecule has 2 nitrogen and oxygen atoms in total. The van der Waals surface area contributed by atoms with Gasteiger partial charge in [0.25, 0.3) is 0 Å². The lowest BCUT2D eigenvalue weighted by atomic mass is 9.74. The first-order valence-electron chi connectivity index (χ1n) is 7.16. The molecule has 1 fully saturated rings. The van der Waals surface area contributed by atoms with E-state index in [4.69, 9.17) is 4.74 Å². The minimum Gasteiger partial charge on any atom is -0.370 e. The van der Waals surface area contributed by atoms with Gasteiger partial charge in [0.2, 0.25) is 0 Å². The molecule has 0 aromatic heterocycles. The van der Waals surface area contributed by atoms with Crippen molar-refractivity contribution >= 4 is 5.78 Å². The van der Waals surface area contributed by atoms with Crippen LogP contribution in [0.4, 0.5) is 0 Å². The molecule has 1 aromatic rings. The molecule has 0 heterocycles. The fourth-order valence-corrected chi connectivity index (χ4v) is 3.21. The molecule has 0 aliphatic heterocycles. The molecule has 2 heteroatoms. The molecule has 1 saturated carbocycles. The molecular formula is C17H24O2. The van der Waals surface area contributed by atoms with Crippen LogP contribution >= 0.6 is 0 Å². The van der Waals surface area contributed by atoms with Crippen LogP contribution in [-0.4, -0.2) is 18.5 Å². The molecule has 2 rings (SSSR count). The van der Waals surface area contributed by atoms with Crippen molar-refractivity contribution in [2.24, 2.45) is 5.92 Å². The van der Waals surface area contributed by atoms with Crippen molar-refractivity contribution in [2.75, 3.05) is 7.11 Å². The van der Waals surface area contributed by atoms with Crippen LogP contribution in [0.1, 0.15) is 54.1 Å². The average molecular weight is 260 g/mol. The number of methoxy groups -OCH3 is 1.